The van der Waals surface area contributed by atoms with E-state index >= 15 is 0 Å². The van der Waals surface area contributed by atoms with Gasteiger partial charge in [0.25, 0.3) is 0 Å². The normalized spacial score (nSPS) is 14.3. The van der Waals surface area contributed by atoms with Gasteiger partial charge in [0.15, 0.2) is 11.6 Å². The molecule has 0 saturated carbocycles. The van der Waals surface area contributed by atoms with Gasteiger partial charge in [-0.15, -0.1) is 0 Å². The Morgan fingerprint density at radius 1 is 1.33 bits per heavy atom. The second-order valence-corrected chi connectivity index (χ2v) is 4.83. The van der Waals surface area contributed by atoms with Crippen molar-refractivity contribution in [3.8, 4) is 5.75 Å². The van der Waals surface area contributed by atoms with Crippen LogP contribution in [-0.4, -0.2) is 20.2 Å². The lowest BCUT2D eigenvalue weighted by Crippen LogP contribution is -2.25. The minimum Gasteiger partial charge on any atom is -0.494 e. The summed E-state index contributed by atoms with van der Waals surface area (Å²) in [6.07, 6.45) is 1.12. The first-order valence-electron chi connectivity index (χ1n) is 6.64. The van der Waals surface area contributed by atoms with Crippen LogP contribution in [0.15, 0.2) is 18.2 Å². The quantitative estimate of drug-likeness (QED) is 0.750. The Labute approximate surface area is 110 Å². The summed E-state index contributed by atoms with van der Waals surface area (Å²) >= 11 is 0. The summed E-state index contributed by atoms with van der Waals surface area (Å²) in [7, 11) is 1.50. The molecule has 2 nitrogen and oxygen atoms in total. The number of hydrogen-bond acceptors (Lipinski definition) is 2. The molecule has 18 heavy (non-hydrogen) atoms. The van der Waals surface area contributed by atoms with Crippen molar-refractivity contribution in [2.24, 2.45) is 5.92 Å². The van der Waals surface area contributed by atoms with Crippen molar-refractivity contribution in [2.45, 2.75) is 33.1 Å². The summed E-state index contributed by atoms with van der Waals surface area (Å²) in [5.74, 6) is 0.658. The summed E-state index contributed by atoms with van der Waals surface area (Å²) in [6.45, 7) is 8.27. The topological polar surface area (TPSA) is 21.3 Å². The molecule has 0 fully saturated rings. The number of ether oxygens (including phenoxy) is 1. The summed E-state index contributed by atoms with van der Waals surface area (Å²) in [5.41, 5.74) is 0.736. The molecule has 0 amide bonds. The van der Waals surface area contributed by atoms with Crippen molar-refractivity contribution in [3.05, 3.63) is 29.6 Å². The third-order valence-electron chi connectivity index (χ3n) is 3.45. The average Bonchev–Trinajstić information content (AvgIpc) is 2.38. The van der Waals surface area contributed by atoms with Crippen LogP contribution in [0.25, 0.3) is 0 Å². The van der Waals surface area contributed by atoms with Gasteiger partial charge in [0, 0.05) is 0 Å². The van der Waals surface area contributed by atoms with Crippen LogP contribution in [0.5, 0.6) is 5.75 Å². The van der Waals surface area contributed by atoms with Gasteiger partial charge < -0.3 is 10.1 Å². The second kappa shape index (κ2) is 7.37. The molecule has 0 heterocycles. The first-order chi connectivity index (χ1) is 8.61. The predicted molar refractivity (Wildman–Crippen MR) is 73.7 cm³/mol. The molecule has 1 N–H and O–H groups in total. The molecule has 0 aliphatic rings. The Kier molecular flexibility index (Phi) is 6.13. The van der Waals surface area contributed by atoms with E-state index in [0.717, 1.165) is 25.1 Å². The van der Waals surface area contributed by atoms with Crippen LogP contribution in [0.2, 0.25) is 0 Å². The molecule has 1 aromatic carbocycles. The van der Waals surface area contributed by atoms with Gasteiger partial charge in [-0.05, 0) is 43.0 Å². The van der Waals surface area contributed by atoms with Gasteiger partial charge in [-0.1, -0.05) is 32.9 Å². The van der Waals surface area contributed by atoms with Crippen molar-refractivity contribution in [1.82, 2.24) is 5.32 Å². The maximum atomic E-state index is 14.1. The van der Waals surface area contributed by atoms with Crippen LogP contribution in [0.3, 0.4) is 0 Å². The van der Waals surface area contributed by atoms with E-state index in [9.17, 15) is 4.39 Å². The molecule has 0 aromatic heterocycles. The Morgan fingerprint density at radius 2 is 2.06 bits per heavy atom. The van der Waals surface area contributed by atoms with Crippen LogP contribution in [0, 0.1) is 11.7 Å². The number of rotatable bonds is 7. The number of hydrogen-bond donors (Lipinski definition) is 1. The number of benzene rings is 1. The first-order valence-corrected chi connectivity index (χ1v) is 6.64. The highest BCUT2D eigenvalue weighted by Crippen LogP contribution is 2.30. The van der Waals surface area contributed by atoms with Crippen molar-refractivity contribution in [1.29, 1.82) is 0 Å². The van der Waals surface area contributed by atoms with E-state index < -0.39 is 0 Å². The van der Waals surface area contributed by atoms with E-state index in [1.807, 2.05) is 12.1 Å². The number of halogens is 1. The van der Waals surface area contributed by atoms with Gasteiger partial charge in [-0.2, -0.15) is 0 Å². The van der Waals surface area contributed by atoms with Gasteiger partial charge in [0.1, 0.15) is 0 Å². The molecular weight excluding hydrogens is 229 g/mol. The summed E-state index contributed by atoms with van der Waals surface area (Å²) < 4.78 is 19.2. The summed E-state index contributed by atoms with van der Waals surface area (Å²) in [4.78, 5) is 0. The molecule has 0 radical (unpaired) electrons. The molecule has 0 aliphatic carbocycles. The SMILES string of the molecule is CCCNCC(C)C(C)c1cccc(OC)c1F. The van der Waals surface area contributed by atoms with E-state index in [0.29, 0.717) is 11.7 Å². The van der Waals surface area contributed by atoms with Crippen LogP contribution >= 0.6 is 0 Å². The molecule has 0 spiro atoms. The van der Waals surface area contributed by atoms with Crippen LogP contribution in [0.4, 0.5) is 4.39 Å². The lowest BCUT2D eigenvalue weighted by Gasteiger charge is -2.22. The van der Waals surface area contributed by atoms with E-state index in [4.69, 9.17) is 4.74 Å². The smallest absolute Gasteiger partial charge is 0.168 e. The van der Waals surface area contributed by atoms with Crippen molar-refractivity contribution >= 4 is 0 Å². The van der Waals surface area contributed by atoms with E-state index in [1.54, 1.807) is 6.07 Å². The van der Waals surface area contributed by atoms with Crippen molar-refractivity contribution in [2.75, 3.05) is 20.2 Å². The molecule has 2 unspecified atom stereocenters. The Balaban J connectivity index is 2.73. The third-order valence-corrected chi connectivity index (χ3v) is 3.45. The Morgan fingerprint density at radius 3 is 2.67 bits per heavy atom. The van der Waals surface area contributed by atoms with Crippen LogP contribution < -0.4 is 10.1 Å². The maximum absolute atomic E-state index is 14.1. The zero-order valence-electron chi connectivity index (χ0n) is 11.8. The Hall–Kier alpha value is -1.09. The average molecular weight is 253 g/mol. The number of nitrogens with one attached hydrogen (secondary N) is 1. The first kappa shape index (κ1) is 15.0. The second-order valence-electron chi connectivity index (χ2n) is 4.83. The molecule has 102 valence electrons. The molecule has 1 aromatic rings. The highest BCUT2D eigenvalue weighted by molar-refractivity contribution is 5.33. The molecule has 0 aliphatic heterocycles. The minimum atomic E-state index is -0.227. The largest absolute Gasteiger partial charge is 0.494 e. The predicted octanol–water partition coefficient (Wildman–Crippen LogP) is 3.57. The van der Waals surface area contributed by atoms with E-state index in [-0.39, 0.29) is 11.7 Å². The molecular formula is C15H24FNO. The van der Waals surface area contributed by atoms with E-state index in [1.165, 1.54) is 7.11 Å². The van der Waals surface area contributed by atoms with Gasteiger partial charge in [0.05, 0.1) is 7.11 Å². The van der Waals surface area contributed by atoms with Crippen LogP contribution in [-0.2, 0) is 0 Å². The third kappa shape index (κ3) is 3.70. The van der Waals surface area contributed by atoms with Gasteiger partial charge in [-0.25, -0.2) is 4.39 Å². The van der Waals surface area contributed by atoms with Crippen molar-refractivity contribution < 1.29 is 9.13 Å². The maximum Gasteiger partial charge on any atom is 0.168 e. The highest BCUT2D eigenvalue weighted by Gasteiger charge is 2.19. The monoisotopic (exact) mass is 253 g/mol. The molecule has 0 bridgehead atoms. The molecule has 2 atom stereocenters. The molecule has 0 saturated heterocycles. The zero-order chi connectivity index (χ0) is 13.5. The fraction of sp³-hybridized carbons (Fsp3) is 0.600. The summed E-state index contributed by atoms with van der Waals surface area (Å²) in [6, 6.07) is 5.35. The zero-order valence-corrected chi connectivity index (χ0v) is 11.8. The fourth-order valence-corrected chi connectivity index (χ4v) is 2.03. The molecule has 3 heteroatoms. The van der Waals surface area contributed by atoms with Crippen molar-refractivity contribution in [3.63, 3.8) is 0 Å². The van der Waals surface area contributed by atoms with E-state index in [2.05, 4.69) is 26.1 Å². The molecule has 1 rings (SSSR count). The van der Waals surface area contributed by atoms with Gasteiger partial charge >= 0.3 is 0 Å². The Bertz CT molecular complexity index is 368. The van der Waals surface area contributed by atoms with Gasteiger partial charge in [-0.3, -0.25) is 0 Å². The summed E-state index contributed by atoms with van der Waals surface area (Å²) in [5, 5.41) is 3.38. The standard InChI is InChI=1S/C15H24FNO/c1-5-9-17-10-11(2)12(3)13-7-6-8-14(18-4)15(13)16/h6-8,11-12,17H,5,9-10H2,1-4H3. The fourth-order valence-electron chi connectivity index (χ4n) is 2.03. The minimum absolute atomic E-state index is 0.171. The lowest BCUT2D eigenvalue weighted by molar-refractivity contribution is 0.375. The number of methoxy groups -OCH3 is 1. The highest BCUT2D eigenvalue weighted by atomic mass is 19.1. The lowest BCUT2D eigenvalue weighted by atomic mass is 9.88. The van der Waals surface area contributed by atoms with Gasteiger partial charge in [0.2, 0.25) is 0 Å². The van der Waals surface area contributed by atoms with Crippen LogP contribution in [0.1, 0.15) is 38.7 Å².